The number of hydrogen-bond acceptors (Lipinski definition) is 1. The van der Waals surface area contributed by atoms with Gasteiger partial charge in [-0.05, 0) is 42.5 Å². The zero-order chi connectivity index (χ0) is 12.3. The van der Waals surface area contributed by atoms with Crippen LogP contribution in [-0.2, 0) is 5.88 Å². The summed E-state index contributed by atoms with van der Waals surface area (Å²) in [6.07, 6.45) is 3.73. The van der Waals surface area contributed by atoms with Crippen LogP contribution in [0.15, 0.2) is 18.2 Å². The summed E-state index contributed by atoms with van der Waals surface area (Å²) >= 11 is 5.77. The maximum absolute atomic E-state index is 13.4. The van der Waals surface area contributed by atoms with Crippen LogP contribution < -0.4 is 4.90 Å². The lowest BCUT2D eigenvalue weighted by molar-refractivity contribution is 0.529. The highest BCUT2D eigenvalue weighted by atomic mass is 35.5. The largest absolute Gasteiger partial charge is 0.371 e. The van der Waals surface area contributed by atoms with Crippen molar-refractivity contribution in [2.45, 2.75) is 32.1 Å². The summed E-state index contributed by atoms with van der Waals surface area (Å²) in [6.45, 7) is 4.31. The van der Waals surface area contributed by atoms with Crippen LogP contribution in [0.1, 0.15) is 31.7 Å². The Labute approximate surface area is 108 Å². The highest BCUT2D eigenvalue weighted by Crippen LogP contribution is 2.28. The van der Waals surface area contributed by atoms with E-state index in [4.69, 9.17) is 11.6 Å². The molecule has 0 aromatic heterocycles. The molecule has 0 bridgehead atoms. The Kier molecular flexibility index (Phi) is 4.27. The van der Waals surface area contributed by atoms with Crippen LogP contribution in [0.2, 0.25) is 0 Å². The summed E-state index contributed by atoms with van der Waals surface area (Å²) in [6, 6.07) is 5.13. The normalized spacial score (nSPS) is 19.9. The van der Waals surface area contributed by atoms with Gasteiger partial charge in [-0.2, -0.15) is 0 Å². The van der Waals surface area contributed by atoms with Crippen LogP contribution in [-0.4, -0.2) is 13.1 Å². The first-order valence-corrected chi connectivity index (χ1v) is 6.86. The van der Waals surface area contributed by atoms with E-state index in [-0.39, 0.29) is 5.82 Å². The topological polar surface area (TPSA) is 3.24 Å². The van der Waals surface area contributed by atoms with E-state index < -0.39 is 0 Å². The highest BCUT2D eigenvalue weighted by molar-refractivity contribution is 6.17. The van der Waals surface area contributed by atoms with Gasteiger partial charge in [0.15, 0.2) is 0 Å². The van der Waals surface area contributed by atoms with E-state index >= 15 is 0 Å². The maximum atomic E-state index is 13.4. The Balaban J connectivity index is 2.10. The monoisotopic (exact) mass is 255 g/mol. The molecule has 0 aliphatic carbocycles. The van der Waals surface area contributed by atoms with Crippen molar-refractivity contribution in [3.63, 3.8) is 0 Å². The zero-order valence-corrected chi connectivity index (χ0v) is 11.0. The van der Waals surface area contributed by atoms with Gasteiger partial charge in [-0.25, -0.2) is 4.39 Å². The smallest absolute Gasteiger partial charge is 0.125 e. The summed E-state index contributed by atoms with van der Waals surface area (Å²) < 4.78 is 13.4. The van der Waals surface area contributed by atoms with Gasteiger partial charge in [0.2, 0.25) is 0 Å². The van der Waals surface area contributed by atoms with Crippen LogP contribution in [0.3, 0.4) is 0 Å². The van der Waals surface area contributed by atoms with Crippen molar-refractivity contribution in [2.24, 2.45) is 5.92 Å². The number of benzene rings is 1. The second kappa shape index (κ2) is 5.72. The molecule has 94 valence electrons. The third-order valence-corrected chi connectivity index (χ3v) is 3.75. The van der Waals surface area contributed by atoms with Gasteiger partial charge in [0.25, 0.3) is 0 Å². The lowest BCUT2D eigenvalue weighted by atomic mass is 10.0. The first kappa shape index (κ1) is 12.7. The van der Waals surface area contributed by atoms with Crippen LogP contribution >= 0.6 is 11.6 Å². The molecule has 0 N–H and O–H groups in total. The van der Waals surface area contributed by atoms with Crippen molar-refractivity contribution in [3.05, 3.63) is 29.6 Å². The molecule has 1 saturated heterocycles. The second-order valence-electron chi connectivity index (χ2n) is 4.84. The Hall–Kier alpha value is -0.760. The highest BCUT2D eigenvalue weighted by Gasteiger charge is 2.22. The standard InChI is InChI=1S/C14H19ClFN/c1-2-3-11-4-5-17(10-11)14-7-12(9-15)6-13(16)8-14/h6-8,11H,2-5,9-10H2,1H3. The fourth-order valence-electron chi connectivity index (χ4n) is 2.60. The van der Waals surface area contributed by atoms with E-state index in [0.29, 0.717) is 5.88 Å². The van der Waals surface area contributed by atoms with Gasteiger partial charge in [-0.1, -0.05) is 13.3 Å². The van der Waals surface area contributed by atoms with E-state index in [1.54, 1.807) is 6.07 Å². The molecule has 1 aromatic carbocycles. The van der Waals surface area contributed by atoms with Crippen molar-refractivity contribution >= 4 is 17.3 Å². The molecule has 17 heavy (non-hydrogen) atoms. The molecule has 1 aliphatic rings. The van der Waals surface area contributed by atoms with E-state index in [0.717, 1.165) is 30.3 Å². The van der Waals surface area contributed by atoms with Crippen molar-refractivity contribution in [3.8, 4) is 0 Å². The van der Waals surface area contributed by atoms with Gasteiger partial charge >= 0.3 is 0 Å². The molecule has 3 heteroatoms. The molecular formula is C14H19ClFN. The van der Waals surface area contributed by atoms with Crippen molar-refractivity contribution < 1.29 is 4.39 Å². The van der Waals surface area contributed by atoms with Gasteiger partial charge < -0.3 is 4.90 Å². The predicted octanol–water partition coefficient (Wildman–Crippen LogP) is 4.19. The van der Waals surface area contributed by atoms with Gasteiger partial charge in [0.05, 0.1) is 0 Å². The van der Waals surface area contributed by atoms with Crippen molar-refractivity contribution in [1.29, 1.82) is 0 Å². The van der Waals surface area contributed by atoms with E-state index in [9.17, 15) is 4.39 Å². The average Bonchev–Trinajstić information content (AvgIpc) is 2.77. The van der Waals surface area contributed by atoms with Crippen LogP contribution in [0.25, 0.3) is 0 Å². The third kappa shape index (κ3) is 3.12. The molecule has 1 atom stereocenters. The number of halogens is 2. The van der Waals surface area contributed by atoms with E-state index in [1.165, 1.54) is 25.3 Å². The van der Waals surface area contributed by atoms with Crippen LogP contribution in [0.5, 0.6) is 0 Å². The molecule has 0 spiro atoms. The zero-order valence-electron chi connectivity index (χ0n) is 10.3. The molecule has 1 heterocycles. The fraction of sp³-hybridized carbons (Fsp3) is 0.571. The molecule has 1 unspecified atom stereocenters. The van der Waals surface area contributed by atoms with E-state index in [1.807, 2.05) is 6.07 Å². The minimum absolute atomic E-state index is 0.183. The number of anilines is 1. The summed E-state index contributed by atoms with van der Waals surface area (Å²) in [5, 5.41) is 0. The first-order valence-electron chi connectivity index (χ1n) is 6.33. The molecule has 1 aliphatic heterocycles. The molecule has 2 rings (SSSR count). The van der Waals surface area contributed by atoms with Gasteiger partial charge in [0.1, 0.15) is 5.82 Å². The SMILES string of the molecule is CCCC1CCN(c2cc(F)cc(CCl)c2)C1. The Bertz CT molecular complexity index is 380. The number of rotatable bonds is 4. The molecule has 0 saturated carbocycles. The van der Waals surface area contributed by atoms with Crippen molar-refractivity contribution in [1.82, 2.24) is 0 Å². The lowest BCUT2D eigenvalue weighted by Crippen LogP contribution is -2.19. The first-order chi connectivity index (χ1) is 8.22. The minimum atomic E-state index is -0.183. The molecule has 1 nitrogen and oxygen atoms in total. The Morgan fingerprint density at radius 2 is 2.24 bits per heavy atom. The summed E-state index contributed by atoms with van der Waals surface area (Å²) in [5.41, 5.74) is 1.85. The molecule has 1 aromatic rings. The van der Waals surface area contributed by atoms with Crippen molar-refractivity contribution in [2.75, 3.05) is 18.0 Å². The Morgan fingerprint density at radius 1 is 1.41 bits per heavy atom. The van der Waals surface area contributed by atoms with Gasteiger partial charge in [-0.3, -0.25) is 0 Å². The molecule has 0 amide bonds. The van der Waals surface area contributed by atoms with Crippen LogP contribution in [0.4, 0.5) is 10.1 Å². The molecular weight excluding hydrogens is 237 g/mol. The predicted molar refractivity (Wildman–Crippen MR) is 71.2 cm³/mol. The lowest BCUT2D eigenvalue weighted by Gasteiger charge is -2.19. The second-order valence-corrected chi connectivity index (χ2v) is 5.11. The van der Waals surface area contributed by atoms with Crippen LogP contribution in [0, 0.1) is 11.7 Å². The average molecular weight is 256 g/mol. The summed E-state index contributed by atoms with van der Waals surface area (Å²) in [5.74, 6) is 0.955. The molecule has 1 fully saturated rings. The van der Waals surface area contributed by atoms with Gasteiger partial charge in [-0.15, -0.1) is 11.6 Å². The fourth-order valence-corrected chi connectivity index (χ4v) is 2.76. The summed E-state index contributed by atoms with van der Waals surface area (Å²) in [7, 11) is 0. The Morgan fingerprint density at radius 3 is 2.94 bits per heavy atom. The molecule has 0 radical (unpaired) electrons. The number of hydrogen-bond donors (Lipinski definition) is 0. The number of alkyl halides is 1. The quantitative estimate of drug-likeness (QED) is 0.729. The maximum Gasteiger partial charge on any atom is 0.125 e. The van der Waals surface area contributed by atoms with Gasteiger partial charge in [0, 0.05) is 24.7 Å². The minimum Gasteiger partial charge on any atom is -0.371 e. The summed E-state index contributed by atoms with van der Waals surface area (Å²) in [4.78, 5) is 2.28. The third-order valence-electron chi connectivity index (χ3n) is 3.44. The van der Waals surface area contributed by atoms with E-state index in [2.05, 4.69) is 11.8 Å². The number of nitrogens with zero attached hydrogens (tertiary/aromatic N) is 1.